The van der Waals surface area contributed by atoms with Crippen LogP contribution in [0.4, 0.5) is 13.2 Å². The highest BCUT2D eigenvalue weighted by Crippen LogP contribution is 2.29. The molecule has 0 saturated carbocycles. The number of nitrogens with one attached hydrogen (secondary N) is 1. The number of amides is 1. The van der Waals surface area contributed by atoms with Crippen molar-refractivity contribution in [2.24, 2.45) is 0 Å². The number of thioether (sulfide) groups is 1. The fraction of sp³-hybridized carbons (Fsp3) is 0.250. The Bertz CT molecular complexity index is 824. The molecule has 7 heteroatoms. The van der Waals surface area contributed by atoms with Crippen LogP contribution < -0.4 is 10.1 Å². The second-order valence-corrected chi connectivity index (χ2v) is 6.40. The van der Waals surface area contributed by atoms with Crippen molar-refractivity contribution in [1.29, 1.82) is 0 Å². The fourth-order valence-corrected chi connectivity index (χ4v) is 2.79. The van der Waals surface area contributed by atoms with Crippen molar-refractivity contribution in [2.45, 2.75) is 18.0 Å². The van der Waals surface area contributed by atoms with Crippen molar-refractivity contribution >= 4 is 17.7 Å². The molecule has 0 saturated heterocycles. The van der Waals surface area contributed by atoms with E-state index in [0.29, 0.717) is 6.61 Å². The van der Waals surface area contributed by atoms with Crippen LogP contribution in [-0.2, 0) is 11.0 Å². The molecule has 0 heterocycles. The molecule has 142 valence electrons. The molecule has 2 aromatic carbocycles. The third kappa shape index (κ3) is 7.27. The van der Waals surface area contributed by atoms with Crippen molar-refractivity contribution in [3.05, 3.63) is 59.7 Å². The highest BCUT2D eigenvalue weighted by molar-refractivity contribution is 8.00. The summed E-state index contributed by atoms with van der Waals surface area (Å²) >= 11 is 1.37. The predicted octanol–water partition coefficient (Wildman–Crippen LogP) is 4.36. The number of ether oxygens (including phenoxy) is 1. The van der Waals surface area contributed by atoms with Crippen molar-refractivity contribution in [3.8, 4) is 17.6 Å². The summed E-state index contributed by atoms with van der Waals surface area (Å²) in [7, 11) is 0. The number of alkyl halides is 3. The van der Waals surface area contributed by atoms with Gasteiger partial charge in [0.15, 0.2) is 0 Å². The van der Waals surface area contributed by atoms with Crippen molar-refractivity contribution in [2.75, 3.05) is 18.9 Å². The summed E-state index contributed by atoms with van der Waals surface area (Å²) < 4.78 is 43.2. The maximum absolute atomic E-state index is 12.6. The van der Waals surface area contributed by atoms with Crippen LogP contribution in [0.1, 0.15) is 18.1 Å². The maximum Gasteiger partial charge on any atom is 0.416 e. The van der Waals surface area contributed by atoms with Gasteiger partial charge in [0, 0.05) is 10.5 Å². The van der Waals surface area contributed by atoms with Gasteiger partial charge in [0.1, 0.15) is 5.75 Å². The lowest BCUT2D eigenvalue weighted by atomic mass is 10.1. The Morgan fingerprint density at radius 2 is 1.93 bits per heavy atom. The standard InChI is InChI=1S/C20H18F3NO2S/c1-2-26-17-8-10-18(11-9-17)27-14-19(25)24-12-4-6-15-5-3-7-16(13-15)20(21,22)23/h3,5,7-11,13H,2,12,14H2,1H3,(H,24,25). The molecule has 2 rings (SSSR count). The van der Waals surface area contributed by atoms with Gasteiger partial charge in [-0.3, -0.25) is 4.79 Å². The smallest absolute Gasteiger partial charge is 0.416 e. The highest BCUT2D eigenvalue weighted by Gasteiger charge is 2.30. The van der Waals surface area contributed by atoms with Gasteiger partial charge in [-0.1, -0.05) is 17.9 Å². The van der Waals surface area contributed by atoms with E-state index in [1.54, 1.807) is 0 Å². The Morgan fingerprint density at radius 1 is 1.19 bits per heavy atom. The number of rotatable bonds is 6. The maximum atomic E-state index is 12.6. The van der Waals surface area contributed by atoms with E-state index in [1.807, 2.05) is 31.2 Å². The van der Waals surface area contributed by atoms with Crippen LogP contribution >= 0.6 is 11.8 Å². The number of benzene rings is 2. The number of hydrogen-bond acceptors (Lipinski definition) is 3. The summed E-state index contributed by atoms with van der Waals surface area (Å²) in [5.41, 5.74) is -0.493. The van der Waals surface area contributed by atoms with E-state index < -0.39 is 11.7 Å². The summed E-state index contributed by atoms with van der Waals surface area (Å²) in [4.78, 5) is 12.7. The quantitative estimate of drug-likeness (QED) is 0.585. The molecular formula is C20H18F3NO2S. The summed E-state index contributed by atoms with van der Waals surface area (Å²) in [6.45, 7) is 2.57. The van der Waals surface area contributed by atoms with Gasteiger partial charge in [0.2, 0.25) is 5.91 Å². The van der Waals surface area contributed by atoms with E-state index in [0.717, 1.165) is 22.8 Å². The van der Waals surface area contributed by atoms with Crippen molar-refractivity contribution < 1.29 is 22.7 Å². The highest BCUT2D eigenvalue weighted by atomic mass is 32.2. The lowest BCUT2D eigenvalue weighted by molar-refractivity contribution is -0.137. The summed E-state index contributed by atoms with van der Waals surface area (Å²) in [5, 5.41) is 2.62. The average molecular weight is 393 g/mol. The third-order valence-corrected chi connectivity index (χ3v) is 4.31. The van der Waals surface area contributed by atoms with E-state index >= 15 is 0 Å². The van der Waals surface area contributed by atoms with E-state index in [2.05, 4.69) is 17.2 Å². The molecule has 0 fully saturated rings. The molecule has 0 aliphatic heterocycles. The molecule has 0 bridgehead atoms. The first-order valence-electron chi connectivity index (χ1n) is 8.17. The van der Waals surface area contributed by atoms with E-state index in [4.69, 9.17) is 4.74 Å². The van der Waals surface area contributed by atoms with Gasteiger partial charge >= 0.3 is 6.18 Å². The van der Waals surface area contributed by atoms with Crippen molar-refractivity contribution in [1.82, 2.24) is 5.32 Å². The van der Waals surface area contributed by atoms with Crippen LogP contribution in [-0.4, -0.2) is 24.8 Å². The SMILES string of the molecule is CCOc1ccc(SCC(=O)NCC#Cc2cccc(C(F)(F)F)c2)cc1. The molecule has 1 N–H and O–H groups in total. The Labute approximate surface area is 160 Å². The predicted molar refractivity (Wildman–Crippen MR) is 99.7 cm³/mol. The van der Waals surface area contributed by atoms with Gasteiger partial charge < -0.3 is 10.1 Å². The number of carbonyl (C=O) groups is 1. The zero-order valence-electron chi connectivity index (χ0n) is 14.6. The number of carbonyl (C=O) groups excluding carboxylic acids is 1. The van der Waals surface area contributed by atoms with Gasteiger partial charge in [-0.2, -0.15) is 13.2 Å². The third-order valence-electron chi connectivity index (χ3n) is 3.30. The molecule has 0 aliphatic rings. The Kier molecular flexibility index (Phi) is 7.62. The van der Waals surface area contributed by atoms with Crippen molar-refractivity contribution in [3.63, 3.8) is 0 Å². The van der Waals surface area contributed by atoms with Crippen LogP contribution in [0.15, 0.2) is 53.4 Å². The number of halogens is 3. The molecule has 2 aromatic rings. The molecule has 27 heavy (non-hydrogen) atoms. The Balaban J connectivity index is 1.77. The first kappa shape index (κ1) is 20.7. The zero-order chi connectivity index (χ0) is 19.7. The molecular weight excluding hydrogens is 375 g/mol. The molecule has 0 radical (unpaired) electrons. The minimum Gasteiger partial charge on any atom is -0.494 e. The van der Waals surface area contributed by atoms with Crippen LogP contribution in [0, 0.1) is 11.8 Å². The minimum atomic E-state index is -4.40. The van der Waals surface area contributed by atoms with Crippen LogP contribution in [0.2, 0.25) is 0 Å². The molecule has 3 nitrogen and oxygen atoms in total. The second-order valence-electron chi connectivity index (χ2n) is 5.35. The van der Waals surface area contributed by atoms with Crippen LogP contribution in [0.3, 0.4) is 0 Å². The van der Waals surface area contributed by atoms with E-state index in [9.17, 15) is 18.0 Å². The first-order chi connectivity index (χ1) is 12.9. The van der Waals surface area contributed by atoms with Gasteiger partial charge in [0.05, 0.1) is 24.5 Å². The molecule has 1 amide bonds. The number of hydrogen-bond donors (Lipinski definition) is 1. The molecule has 0 aromatic heterocycles. The van der Waals surface area contributed by atoms with Gasteiger partial charge in [0.25, 0.3) is 0 Å². The van der Waals surface area contributed by atoms with Crippen LogP contribution in [0.5, 0.6) is 5.75 Å². The van der Waals surface area contributed by atoms with E-state index in [1.165, 1.54) is 23.9 Å². The Morgan fingerprint density at radius 3 is 2.59 bits per heavy atom. The average Bonchev–Trinajstić information content (AvgIpc) is 2.64. The zero-order valence-corrected chi connectivity index (χ0v) is 15.4. The van der Waals surface area contributed by atoms with Gasteiger partial charge in [-0.05, 0) is 49.4 Å². The van der Waals surface area contributed by atoms with E-state index in [-0.39, 0.29) is 23.8 Å². The second kappa shape index (κ2) is 9.93. The Hall–Kier alpha value is -2.59. The lowest BCUT2D eigenvalue weighted by Gasteiger charge is -2.06. The molecule has 0 unspecified atom stereocenters. The molecule has 0 aliphatic carbocycles. The summed E-state index contributed by atoms with van der Waals surface area (Å²) in [6, 6.07) is 12.2. The topological polar surface area (TPSA) is 38.3 Å². The van der Waals surface area contributed by atoms with Crippen LogP contribution in [0.25, 0.3) is 0 Å². The van der Waals surface area contributed by atoms with Gasteiger partial charge in [-0.25, -0.2) is 0 Å². The summed E-state index contributed by atoms with van der Waals surface area (Å²) in [5.74, 6) is 6.07. The molecule has 0 spiro atoms. The van der Waals surface area contributed by atoms with Gasteiger partial charge in [-0.15, -0.1) is 11.8 Å². The minimum absolute atomic E-state index is 0.0684. The monoisotopic (exact) mass is 393 g/mol. The lowest BCUT2D eigenvalue weighted by Crippen LogP contribution is -2.25. The molecule has 0 atom stereocenters. The fourth-order valence-electron chi connectivity index (χ4n) is 2.06. The normalized spacial score (nSPS) is 10.7. The summed E-state index contributed by atoms with van der Waals surface area (Å²) in [6.07, 6.45) is -4.40. The first-order valence-corrected chi connectivity index (χ1v) is 9.15. The largest absolute Gasteiger partial charge is 0.494 e.